The Balaban J connectivity index is 1.56. The highest BCUT2D eigenvalue weighted by atomic mass is 32.2. The number of nitrogens with one attached hydrogen (secondary N) is 2. The maximum atomic E-state index is 12.1. The van der Waals surface area contributed by atoms with Crippen LogP contribution in [0.25, 0.3) is 0 Å². The van der Waals surface area contributed by atoms with Gasteiger partial charge < -0.3 is 10.2 Å². The molecule has 8 nitrogen and oxygen atoms in total. The van der Waals surface area contributed by atoms with E-state index in [2.05, 4.69) is 27.1 Å². The maximum absolute atomic E-state index is 12.1. The number of H-pyrrole nitrogens is 1. The molecule has 1 amide bonds. The minimum absolute atomic E-state index is 0.0845. The first-order valence-electron chi connectivity index (χ1n) is 9.13. The van der Waals surface area contributed by atoms with Crippen molar-refractivity contribution >= 4 is 21.7 Å². The normalized spacial score (nSPS) is 23.1. The highest BCUT2D eigenvalue weighted by Crippen LogP contribution is 2.21. The van der Waals surface area contributed by atoms with E-state index >= 15 is 0 Å². The number of hydrogen-bond acceptors (Lipinski definition) is 6. The monoisotopic (exact) mass is 382 g/mol. The molecule has 2 N–H and O–H groups in total. The number of nitrogens with zero attached hydrogens (tertiary/aromatic N) is 2. The maximum Gasteiger partial charge on any atom is 0.252 e. The van der Waals surface area contributed by atoms with Crippen molar-refractivity contribution in [2.75, 3.05) is 29.5 Å². The molecule has 3 rings (SSSR count). The van der Waals surface area contributed by atoms with Crippen molar-refractivity contribution in [2.45, 2.75) is 39.2 Å². The van der Waals surface area contributed by atoms with Crippen LogP contribution in [0.15, 0.2) is 10.9 Å². The van der Waals surface area contributed by atoms with E-state index in [0.717, 1.165) is 25.9 Å². The van der Waals surface area contributed by atoms with Crippen LogP contribution in [-0.4, -0.2) is 48.9 Å². The fourth-order valence-corrected chi connectivity index (χ4v) is 5.37. The van der Waals surface area contributed by atoms with Gasteiger partial charge in [-0.1, -0.05) is 6.92 Å². The molecule has 0 aromatic carbocycles. The van der Waals surface area contributed by atoms with Crippen molar-refractivity contribution < 1.29 is 13.2 Å². The first-order valence-corrected chi connectivity index (χ1v) is 11.0. The molecule has 0 aliphatic carbocycles. The highest BCUT2D eigenvalue weighted by Gasteiger charge is 2.29. The molecule has 26 heavy (non-hydrogen) atoms. The summed E-state index contributed by atoms with van der Waals surface area (Å²) in [5.41, 5.74) is 0.273. The number of sulfone groups is 1. The molecule has 2 aliphatic heterocycles. The molecule has 9 heteroatoms. The third-order valence-corrected chi connectivity index (χ3v) is 6.97. The summed E-state index contributed by atoms with van der Waals surface area (Å²) in [6.07, 6.45) is 2.86. The van der Waals surface area contributed by atoms with Crippen molar-refractivity contribution in [2.24, 2.45) is 11.8 Å². The summed E-state index contributed by atoms with van der Waals surface area (Å²) in [6.45, 7) is 4.10. The van der Waals surface area contributed by atoms with Gasteiger partial charge in [-0.15, -0.1) is 0 Å². The molecule has 0 unspecified atom stereocenters. The summed E-state index contributed by atoms with van der Waals surface area (Å²) in [5.74, 6) is 1.16. The molecular formula is C17H26N4O4S. The molecular weight excluding hydrogens is 356 g/mol. The number of anilines is 1. The van der Waals surface area contributed by atoms with Crippen molar-refractivity contribution in [1.82, 2.24) is 15.3 Å². The molecule has 0 saturated carbocycles. The third kappa shape index (κ3) is 5.06. The first-order chi connectivity index (χ1) is 12.3. The smallest absolute Gasteiger partial charge is 0.252 e. The Morgan fingerprint density at radius 1 is 1.35 bits per heavy atom. The van der Waals surface area contributed by atoms with Crippen molar-refractivity contribution in [1.29, 1.82) is 0 Å². The number of aromatic nitrogens is 2. The van der Waals surface area contributed by atoms with E-state index in [0.29, 0.717) is 24.0 Å². The van der Waals surface area contributed by atoms with Crippen LogP contribution < -0.4 is 15.8 Å². The van der Waals surface area contributed by atoms with E-state index in [9.17, 15) is 18.0 Å². The lowest BCUT2D eigenvalue weighted by molar-refractivity contribution is -0.122. The zero-order valence-corrected chi connectivity index (χ0v) is 15.8. The number of aromatic amines is 1. The SMILES string of the molecule is CC1CCN(c2nc(CNC(=O)C[C@H]3CCS(=O)(=O)C3)cc(=O)[nH]2)CC1. The van der Waals surface area contributed by atoms with Crippen LogP contribution in [0, 0.1) is 11.8 Å². The number of rotatable bonds is 5. The van der Waals surface area contributed by atoms with Gasteiger partial charge >= 0.3 is 0 Å². The average molecular weight is 382 g/mol. The van der Waals surface area contributed by atoms with Gasteiger partial charge in [-0.3, -0.25) is 14.6 Å². The van der Waals surface area contributed by atoms with Crippen LogP contribution in [0.2, 0.25) is 0 Å². The van der Waals surface area contributed by atoms with E-state index in [1.54, 1.807) is 0 Å². The van der Waals surface area contributed by atoms with Crippen molar-refractivity contribution in [3.8, 4) is 0 Å². The predicted octanol–water partition coefficient (Wildman–Crippen LogP) is 0.447. The summed E-state index contributed by atoms with van der Waals surface area (Å²) in [5, 5.41) is 2.75. The molecule has 2 fully saturated rings. The quantitative estimate of drug-likeness (QED) is 0.764. The predicted molar refractivity (Wildman–Crippen MR) is 98.7 cm³/mol. The molecule has 0 spiro atoms. The summed E-state index contributed by atoms with van der Waals surface area (Å²) in [7, 11) is -2.98. The standard InChI is InChI=1S/C17H26N4O4S/c1-12-2-5-21(6-3-12)17-19-14(9-16(23)20-17)10-18-15(22)8-13-4-7-26(24,25)11-13/h9,12-13H,2-8,10-11H2,1H3,(H,18,22)(H,19,20,23)/t13-/m1/s1. The van der Waals surface area contributed by atoms with E-state index in [1.165, 1.54) is 6.07 Å². The lowest BCUT2D eigenvalue weighted by Crippen LogP contribution is -2.35. The largest absolute Gasteiger partial charge is 0.350 e. The zero-order valence-electron chi connectivity index (χ0n) is 15.0. The topological polar surface area (TPSA) is 112 Å². The Morgan fingerprint density at radius 3 is 2.73 bits per heavy atom. The van der Waals surface area contributed by atoms with E-state index in [-0.39, 0.29) is 41.9 Å². The lowest BCUT2D eigenvalue weighted by atomic mass is 10.00. The van der Waals surface area contributed by atoms with Gasteiger partial charge in [0.1, 0.15) is 0 Å². The van der Waals surface area contributed by atoms with Gasteiger partial charge in [-0.25, -0.2) is 13.4 Å². The second kappa shape index (κ2) is 7.77. The van der Waals surface area contributed by atoms with E-state index in [4.69, 9.17) is 0 Å². The Labute approximate surface area is 153 Å². The summed E-state index contributed by atoms with van der Waals surface area (Å²) < 4.78 is 22.9. The van der Waals surface area contributed by atoms with Gasteiger partial charge in [0.05, 0.1) is 23.7 Å². The second-order valence-corrected chi connectivity index (χ2v) is 9.71. The zero-order chi connectivity index (χ0) is 18.7. The molecule has 1 aromatic heterocycles. The molecule has 144 valence electrons. The van der Waals surface area contributed by atoms with Crippen molar-refractivity contribution in [3.63, 3.8) is 0 Å². The number of amides is 1. The molecule has 1 aromatic rings. The molecule has 2 aliphatic rings. The minimum atomic E-state index is -2.98. The fourth-order valence-electron chi connectivity index (χ4n) is 3.51. The number of carbonyl (C=O) groups is 1. The third-order valence-electron chi connectivity index (χ3n) is 5.13. The minimum Gasteiger partial charge on any atom is -0.350 e. The van der Waals surface area contributed by atoms with Gasteiger partial charge in [0.15, 0.2) is 9.84 Å². The number of piperidine rings is 1. The molecule has 1 atom stereocenters. The summed E-state index contributed by atoms with van der Waals surface area (Å²) in [4.78, 5) is 33.3. The molecule has 2 saturated heterocycles. The number of hydrogen-bond donors (Lipinski definition) is 2. The average Bonchev–Trinajstić information content (AvgIpc) is 2.91. The molecule has 0 radical (unpaired) electrons. The Morgan fingerprint density at radius 2 is 2.08 bits per heavy atom. The van der Waals surface area contributed by atoms with Crippen LogP contribution in [0.5, 0.6) is 0 Å². The van der Waals surface area contributed by atoms with E-state index in [1.807, 2.05) is 0 Å². The van der Waals surface area contributed by atoms with Crippen LogP contribution in [0.4, 0.5) is 5.95 Å². The van der Waals surface area contributed by atoms with Gasteiger partial charge in [0.25, 0.3) is 5.56 Å². The Kier molecular flexibility index (Phi) is 5.64. The second-order valence-electron chi connectivity index (χ2n) is 7.48. The highest BCUT2D eigenvalue weighted by molar-refractivity contribution is 7.91. The molecule has 0 bridgehead atoms. The van der Waals surface area contributed by atoms with Crippen molar-refractivity contribution in [3.05, 3.63) is 22.1 Å². The first kappa shape index (κ1) is 18.9. The Hall–Kier alpha value is -1.90. The van der Waals surface area contributed by atoms with Crippen LogP contribution in [0.3, 0.4) is 0 Å². The number of carbonyl (C=O) groups excluding carboxylic acids is 1. The van der Waals surface area contributed by atoms with Gasteiger partial charge in [-0.2, -0.15) is 0 Å². The van der Waals surface area contributed by atoms with Gasteiger partial charge in [-0.05, 0) is 31.1 Å². The lowest BCUT2D eigenvalue weighted by Gasteiger charge is -2.30. The fraction of sp³-hybridized carbons (Fsp3) is 0.706. The summed E-state index contributed by atoms with van der Waals surface area (Å²) in [6, 6.07) is 1.39. The van der Waals surface area contributed by atoms with Crippen LogP contribution >= 0.6 is 0 Å². The van der Waals surface area contributed by atoms with E-state index < -0.39 is 9.84 Å². The Bertz CT molecular complexity index is 812. The van der Waals surface area contributed by atoms with Gasteiger partial charge in [0, 0.05) is 25.6 Å². The van der Waals surface area contributed by atoms with Crippen LogP contribution in [0.1, 0.15) is 38.3 Å². The van der Waals surface area contributed by atoms with Crippen LogP contribution in [-0.2, 0) is 21.2 Å². The molecule has 3 heterocycles. The van der Waals surface area contributed by atoms with Gasteiger partial charge in [0.2, 0.25) is 11.9 Å². The summed E-state index contributed by atoms with van der Waals surface area (Å²) >= 11 is 0.